The summed E-state index contributed by atoms with van der Waals surface area (Å²) in [5.74, 6) is 0.546. The lowest BCUT2D eigenvalue weighted by Crippen LogP contribution is -1.81. The summed E-state index contributed by atoms with van der Waals surface area (Å²) in [6, 6.07) is 8.07. The highest BCUT2D eigenvalue weighted by atomic mass is 32.2. The summed E-state index contributed by atoms with van der Waals surface area (Å²) in [4.78, 5) is 11.3. The summed E-state index contributed by atoms with van der Waals surface area (Å²) in [5, 5.41) is 0. The fraction of sp³-hybridized carbons (Fsp3) is 0.222. The van der Waals surface area contributed by atoms with Gasteiger partial charge in [0.15, 0.2) is 0 Å². The second-order valence-corrected chi connectivity index (χ2v) is 3.31. The molecule has 0 atom stereocenters. The molecular formula is C9H10OS. The molecule has 1 rings (SSSR count). The van der Waals surface area contributed by atoms with Crippen LogP contribution in [0.3, 0.4) is 0 Å². The third kappa shape index (κ3) is 2.39. The van der Waals surface area contributed by atoms with Gasteiger partial charge in [-0.3, -0.25) is 0 Å². The van der Waals surface area contributed by atoms with E-state index < -0.39 is 0 Å². The maximum Gasteiger partial charge on any atom is 0.130 e. The number of benzene rings is 1. The Morgan fingerprint density at radius 3 is 2.82 bits per heavy atom. The number of thioether (sulfide) groups is 1. The van der Waals surface area contributed by atoms with Gasteiger partial charge in [0, 0.05) is 4.90 Å². The number of carbonyl (C=O) groups excluding carboxylic acids is 1. The SMILES string of the molecule is Cc1ccccc1SCC=O. The van der Waals surface area contributed by atoms with Gasteiger partial charge in [0.25, 0.3) is 0 Å². The van der Waals surface area contributed by atoms with Crippen LogP contribution in [0.4, 0.5) is 0 Å². The molecule has 0 amide bonds. The normalized spacial score (nSPS) is 9.55. The second-order valence-electron chi connectivity index (χ2n) is 2.24. The first-order chi connectivity index (χ1) is 5.34. The Labute approximate surface area is 70.8 Å². The van der Waals surface area contributed by atoms with Crippen molar-refractivity contribution in [3.63, 3.8) is 0 Å². The van der Waals surface area contributed by atoms with Crippen molar-refractivity contribution in [3.8, 4) is 0 Å². The zero-order valence-electron chi connectivity index (χ0n) is 6.41. The molecule has 0 aliphatic carbocycles. The Kier molecular flexibility index (Phi) is 3.17. The van der Waals surface area contributed by atoms with Gasteiger partial charge in [-0.2, -0.15) is 0 Å². The van der Waals surface area contributed by atoms with E-state index in [1.165, 1.54) is 10.5 Å². The second kappa shape index (κ2) is 4.19. The van der Waals surface area contributed by atoms with Gasteiger partial charge in [-0.25, -0.2) is 0 Å². The lowest BCUT2D eigenvalue weighted by molar-refractivity contribution is -0.105. The van der Waals surface area contributed by atoms with Crippen LogP contribution in [0.5, 0.6) is 0 Å². The summed E-state index contributed by atoms with van der Waals surface area (Å²) in [5.41, 5.74) is 1.24. The number of hydrogen-bond donors (Lipinski definition) is 0. The fourth-order valence-electron chi connectivity index (χ4n) is 0.842. The van der Waals surface area contributed by atoms with Crippen LogP contribution < -0.4 is 0 Å². The molecule has 11 heavy (non-hydrogen) atoms. The zero-order chi connectivity index (χ0) is 8.10. The van der Waals surface area contributed by atoms with Crippen molar-refractivity contribution in [1.82, 2.24) is 0 Å². The molecule has 0 radical (unpaired) electrons. The average Bonchev–Trinajstić information content (AvgIpc) is 2.03. The highest BCUT2D eigenvalue weighted by Gasteiger charge is 1.94. The van der Waals surface area contributed by atoms with Crippen molar-refractivity contribution < 1.29 is 4.79 Å². The molecule has 0 bridgehead atoms. The summed E-state index contributed by atoms with van der Waals surface area (Å²) in [6.07, 6.45) is 0.928. The van der Waals surface area contributed by atoms with Crippen LogP contribution in [0.25, 0.3) is 0 Å². The molecule has 0 aromatic heterocycles. The highest BCUT2D eigenvalue weighted by Crippen LogP contribution is 2.20. The van der Waals surface area contributed by atoms with Crippen molar-refractivity contribution >= 4 is 18.0 Å². The molecule has 0 saturated heterocycles. The number of hydrogen-bond acceptors (Lipinski definition) is 2. The molecule has 0 fully saturated rings. The molecule has 0 saturated carbocycles. The van der Waals surface area contributed by atoms with Crippen molar-refractivity contribution in [2.45, 2.75) is 11.8 Å². The van der Waals surface area contributed by atoms with Crippen LogP contribution in [0.2, 0.25) is 0 Å². The smallest absolute Gasteiger partial charge is 0.130 e. The van der Waals surface area contributed by atoms with Crippen LogP contribution in [0.1, 0.15) is 5.56 Å². The maximum atomic E-state index is 10.1. The van der Waals surface area contributed by atoms with Crippen LogP contribution in [0.15, 0.2) is 29.2 Å². The van der Waals surface area contributed by atoms with Gasteiger partial charge in [0.2, 0.25) is 0 Å². The van der Waals surface area contributed by atoms with Gasteiger partial charge in [0.1, 0.15) is 6.29 Å². The molecule has 0 unspecified atom stereocenters. The first-order valence-electron chi connectivity index (χ1n) is 3.46. The van der Waals surface area contributed by atoms with Gasteiger partial charge < -0.3 is 4.79 Å². The van der Waals surface area contributed by atoms with Gasteiger partial charge in [-0.05, 0) is 18.6 Å². The number of aldehydes is 1. The Morgan fingerprint density at radius 2 is 2.18 bits per heavy atom. The minimum absolute atomic E-state index is 0.546. The standard InChI is InChI=1S/C9H10OS/c1-8-4-2-3-5-9(8)11-7-6-10/h2-6H,7H2,1H3. The third-order valence-corrected chi connectivity index (χ3v) is 2.47. The van der Waals surface area contributed by atoms with Gasteiger partial charge in [-0.15, -0.1) is 11.8 Å². The zero-order valence-corrected chi connectivity index (χ0v) is 7.23. The van der Waals surface area contributed by atoms with Crippen molar-refractivity contribution in [2.24, 2.45) is 0 Å². The summed E-state index contributed by atoms with van der Waals surface area (Å²) < 4.78 is 0. The molecule has 0 N–H and O–H groups in total. The Morgan fingerprint density at radius 1 is 1.45 bits per heavy atom. The molecule has 1 aromatic carbocycles. The van der Waals surface area contributed by atoms with Gasteiger partial charge >= 0.3 is 0 Å². The lowest BCUT2D eigenvalue weighted by atomic mass is 10.2. The van der Waals surface area contributed by atoms with Crippen molar-refractivity contribution in [3.05, 3.63) is 29.8 Å². The predicted molar refractivity (Wildman–Crippen MR) is 48.0 cm³/mol. The fourth-order valence-corrected chi connectivity index (χ4v) is 1.56. The maximum absolute atomic E-state index is 10.1. The minimum atomic E-state index is 0.546. The van der Waals surface area contributed by atoms with E-state index in [0.717, 1.165) is 6.29 Å². The topological polar surface area (TPSA) is 17.1 Å². The van der Waals surface area contributed by atoms with E-state index in [1.54, 1.807) is 11.8 Å². The number of rotatable bonds is 3. The van der Waals surface area contributed by atoms with Crippen molar-refractivity contribution in [2.75, 3.05) is 5.75 Å². The van der Waals surface area contributed by atoms with Crippen LogP contribution >= 0.6 is 11.8 Å². The molecule has 0 spiro atoms. The average molecular weight is 166 g/mol. The molecule has 2 heteroatoms. The van der Waals surface area contributed by atoms with E-state index in [0.29, 0.717) is 5.75 Å². The summed E-state index contributed by atoms with van der Waals surface area (Å²) in [6.45, 7) is 2.05. The highest BCUT2D eigenvalue weighted by molar-refractivity contribution is 8.00. The first kappa shape index (κ1) is 8.34. The van der Waals surface area contributed by atoms with Crippen LogP contribution in [-0.4, -0.2) is 12.0 Å². The van der Waals surface area contributed by atoms with Gasteiger partial charge in [-0.1, -0.05) is 18.2 Å². The van der Waals surface area contributed by atoms with E-state index in [4.69, 9.17) is 0 Å². The molecule has 0 aliphatic heterocycles. The van der Waals surface area contributed by atoms with Crippen molar-refractivity contribution in [1.29, 1.82) is 0 Å². The number of carbonyl (C=O) groups is 1. The molecular weight excluding hydrogens is 156 g/mol. The molecule has 0 heterocycles. The van der Waals surface area contributed by atoms with E-state index >= 15 is 0 Å². The lowest BCUT2D eigenvalue weighted by Gasteiger charge is -2.00. The van der Waals surface area contributed by atoms with E-state index in [9.17, 15) is 4.79 Å². The minimum Gasteiger partial charge on any atom is -0.302 e. The molecule has 1 aromatic rings. The van der Waals surface area contributed by atoms with Crippen LogP contribution in [-0.2, 0) is 4.79 Å². The van der Waals surface area contributed by atoms with Crippen LogP contribution in [0, 0.1) is 6.92 Å². The molecule has 1 nitrogen and oxygen atoms in total. The Hall–Kier alpha value is -0.760. The summed E-state index contributed by atoms with van der Waals surface area (Å²) >= 11 is 1.58. The van der Waals surface area contributed by atoms with E-state index in [-0.39, 0.29) is 0 Å². The van der Waals surface area contributed by atoms with E-state index in [2.05, 4.69) is 0 Å². The molecule has 58 valence electrons. The third-order valence-electron chi connectivity index (χ3n) is 1.40. The van der Waals surface area contributed by atoms with Gasteiger partial charge in [0.05, 0.1) is 5.75 Å². The Bertz CT molecular complexity index is 245. The number of aryl methyl sites for hydroxylation is 1. The quantitative estimate of drug-likeness (QED) is 0.506. The predicted octanol–water partition coefficient (Wildman–Crippen LogP) is 2.29. The Balaban J connectivity index is 2.69. The first-order valence-corrected chi connectivity index (χ1v) is 4.45. The van der Waals surface area contributed by atoms with E-state index in [1.807, 2.05) is 31.2 Å². The summed E-state index contributed by atoms with van der Waals surface area (Å²) in [7, 11) is 0. The monoisotopic (exact) mass is 166 g/mol. The molecule has 0 aliphatic rings. The largest absolute Gasteiger partial charge is 0.302 e.